The van der Waals surface area contributed by atoms with Gasteiger partial charge in [0.2, 0.25) is 0 Å². The Labute approximate surface area is 100 Å². The molecule has 0 aliphatic rings. The third-order valence-corrected chi connectivity index (χ3v) is 3.35. The van der Waals surface area contributed by atoms with Crippen molar-refractivity contribution < 1.29 is 9.90 Å². The summed E-state index contributed by atoms with van der Waals surface area (Å²) in [6.07, 6.45) is 3.57. The lowest BCUT2D eigenvalue weighted by Crippen LogP contribution is -2.02. The van der Waals surface area contributed by atoms with Gasteiger partial charge in [0.05, 0.1) is 5.56 Å². The van der Waals surface area contributed by atoms with Gasteiger partial charge in [-0.25, -0.2) is 4.79 Å². The highest BCUT2D eigenvalue weighted by molar-refractivity contribution is 7.99. The maximum atomic E-state index is 10.9. The summed E-state index contributed by atoms with van der Waals surface area (Å²) in [6.45, 7) is 2.16. The van der Waals surface area contributed by atoms with Crippen LogP contribution < -0.4 is 5.73 Å². The number of anilines is 1. The van der Waals surface area contributed by atoms with Gasteiger partial charge in [-0.15, -0.1) is 11.8 Å². The Hall–Kier alpha value is -1.16. The third-order valence-electron chi connectivity index (χ3n) is 2.27. The molecule has 3 N–H and O–H groups in total. The number of unbranched alkanes of at least 4 members (excludes halogenated alkanes) is 2. The number of benzene rings is 1. The summed E-state index contributed by atoms with van der Waals surface area (Å²) in [6, 6.07) is 5.18. The van der Waals surface area contributed by atoms with Crippen LogP contribution in [0.1, 0.15) is 36.5 Å². The Morgan fingerprint density at radius 3 is 2.81 bits per heavy atom. The van der Waals surface area contributed by atoms with Crippen LogP contribution in [-0.4, -0.2) is 16.8 Å². The average molecular weight is 239 g/mol. The van der Waals surface area contributed by atoms with Gasteiger partial charge < -0.3 is 10.8 Å². The number of carbonyl (C=O) groups is 1. The van der Waals surface area contributed by atoms with Crippen molar-refractivity contribution in [1.82, 2.24) is 0 Å². The largest absolute Gasteiger partial charge is 0.478 e. The lowest BCUT2D eigenvalue weighted by Gasteiger charge is -2.05. The highest BCUT2D eigenvalue weighted by Crippen LogP contribution is 2.24. The number of hydrogen-bond donors (Lipinski definition) is 2. The van der Waals surface area contributed by atoms with Crippen LogP contribution in [0.5, 0.6) is 0 Å². The molecular formula is C12H17NO2S. The van der Waals surface area contributed by atoms with Crippen LogP contribution in [0, 0.1) is 0 Å². The van der Waals surface area contributed by atoms with Gasteiger partial charge in [-0.3, -0.25) is 0 Å². The minimum absolute atomic E-state index is 0.195. The maximum Gasteiger partial charge on any atom is 0.337 e. The summed E-state index contributed by atoms with van der Waals surface area (Å²) in [4.78, 5) is 11.8. The van der Waals surface area contributed by atoms with Crippen molar-refractivity contribution in [3.63, 3.8) is 0 Å². The van der Waals surface area contributed by atoms with Crippen molar-refractivity contribution in [2.75, 3.05) is 11.5 Å². The number of nitrogen functional groups attached to an aromatic ring is 1. The van der Waals surface area contributed by atoms with E-state index in [1.807, 2.05) is 6.07 Å². The average Bonchev–Trinajstić information content (AvgIpc) is 2.26. The van der Waals surface area contributed by atoms with Gasteiger partial charge in [-0.05, 0) is 30.4 Å². The van der Waals surface area contributed by atoms with Crippen LogP contribution in [0.2, 0.25) is 0 Å². The fraction of sp³-hybridized carbons (Fsp3) is 0.417. The van der Waals surface area contributed by atoms with E-state index in [1.54, 1.807) is 23.9 Å². The van der Waals surface area contributed by atoms with Crippen LogP contribution >= 0.6 is 11.8 Å². The van der Waals surface area contributed by atoms with E-state index < -0.39 is 5.97 Å². The molecule has 0 saturated carbocycles. The molecule has 0 amide bonds. The predicted octanol–water partition coefficient (Wildman–Crippen LogP) is 3.25. The number of carboxylic acids is 1. The Balaban J connectivity index is 2.61. The first-order chi connectivity index (χ1) is 7.65. The van der Waals surface area contributed by atoms with Gasteiger partial charge in [-0.1, -0.05) is 19.8 Å². The van der Waals surface area contributed by atoms with E-state index in [4.69, 9.17) is 10.8 Å². The summed E-state index contributed by atoms with van der Waals surface area (Å²) in [5.74, 6) is 0.0603. The first-order valence-electron chi connectivity index (χ1n) is 5.40. The topological polar surface area (TPSA) is 63.3 Å². The van der Waals surface area contributed by atoms with Crippen molar-refractivity contribution in [3.8, 4) is 0 Å². The van der Waals surface area contributed by atoms with Crippen LogP contribution in [-0.2, 0) is 0 Å². The molecule has 16 heavy (non-hydrogen) atoms. The minimum atomic E-state index is -0.964. The van der Waals surface area contributed by atoms with E-state index in [2.05, 4.69) is 6.92 Å². The normalized spacial score (nSPS) is 10.3. The smallest absolute Gasteiger partial charge is 0.337 e. The molecule has 1 aromatic rings. The second kappa shape index (κ2) is 6.43. The standard InChI is InChI=1S/C12H17NO2S/c1-2-3-4-7-16-9-5-6-11(13)10(8-9)12(14)15/h5-6,8H,2-4,7,13H2,1H3,(H,14,15). The number of nitrogens with two attached hydrogens (primary N) is 1. The van der Waals surface area contributed by atoms with Gasteiger partial charge in [0.15, 0.2) is 0 Å². The van der Waals surface area contributed by atoms with E-state index in [9.17, 15) is 4.79 Å². The van der Waals surface area contributed by atoms with Gasteiger partial charge >= 0.3 is 5.97 Å². The fourth-order valence-corrected chi connectivity index (χ4v) is 2.30. The molecule has 0 aliphatic carbocycles. The molecule has 0 atom stereocenters. The molecule has 0 radical (unpaired) electrons. The van der Waals surface area contributed by atoms with Gasteiger partial charge in [0.1, 0.15) is 0 Å². The van der Waals surface area contributed by atoms with E-state index in [0.29, 0.717) is 5.69 Å². The molecular weight excluding hydrogens is 222 g/mol. The molecule has 3 nitrogen and oxygen atoms in total. The molecule has 0 spiro atoms. The van der Waals surface area contributed by atoms with Gasteiger partial charge in [0, 0.05) is 10.6 Å². The third kappa shape index (κ3) is 3.77. The van der Waals surface area contributed by atoms with Crippen LogP contribution in [0.15, 0.2) is 23.1 Å². The van der Waals surface area contributed by atoms with Crippen molar-refractivity contribution in [2.45, 2.75) is 31.1 Å². The van der Waals surface area contributed by atoms with Crippen molar-refractivity contribution in [2.24, 2.45) is 0 Å². The molecule has 0 unspecified atom stereocenters. The van der Waals surface area contributed by atoms with Gasteiger partial charge in [-0.2, -0.15) is 0 Å². The van der Waals surface area contributed by atoms with Crippen LogP contribution in [0.25, 0.3) is 0 Å². The molecule has 1 aromatic carbocycles. The number of rotatable bonds is 6. The molecule has 1 rings (SSSR count). The second-order valence-corrected chi connectivity index (χ2v) is 4.78. The predicted molar refractivity (Wildman–Crippen MR) is 68.1 cm³/mol. The zero-order chi connectivity index (χ0) is 12.0. The number of aromatic carboxylic acids is 1. The quantitative estimate of drug-likeness (QED) is 0.454. The maximum absolute atomic E-state index is 10.9. The molecule has 0 saturated heterocycles. The summed E-state index contributed by atoms with van der Waals surface area (Å²) in [7, 11) is 0. The highest BCUT2D eigenvalue weighted by Gasteiger charge is 2.08. The van der Waals surface area contributed by atoms with E-state index in [-0.39, 0.29) is 5.56 Å². The Morgan fingerprint density at radius 2 is 2.19 bits per heavy atom. The molecule has 0 fully saturated rings. The summed E-state index contributed by atoms with van der Waals surface area (Å²) < 4.78 is 0. The molecule has 0 aromatic heterocycles. The highest BCUT2D eigenvalue weighted by atomic mass is 32.2. The zero-order valence-electron chi connectivity index (χ0n) is 9.40. The molecule has 0 heterocycles. The molecule has 0 aliphatic heterocycles. The van der Waals surface area contributed by atoms with E-state index in [0.717, 1.165) is 17.1 Å². The minimum Gasteiger partial charge on any atom is -0.478 e. The second-order valence-electron chi connectivity index (χ2n) is 3.61. The van der Waals surface area contributed by atoms with Crippen molar-refractivity contribution in [1.29, 1.82) is 0 Å². The summed E-state index contributed by atoms with van der Waals surface area (Å²) in [5, 5.41) is 8.91. The lowest BCUT2D eigenvalue weighted by molar-refractivity contribution is 0.0698. The lowest BCUT2D eigenvalue weighted by atomic mass is 10.2. The van der Waals surface area contributed by atoms with E-state index >= 15 is 0 Å². The Kier molecular flexibility index (Phi) is 5.19. The van der Waals surface area contributed by atoms with Gasteiger partial charge in [0.25, 0.3) is 0 Å². The Bertz CT molecular complexity index is 366. The summed E-state index contributed by atoms with van der Waals surface area (Å²) >= 11 is 1.68. The Morgan fingerprint density at radius 1 is 1.44 bits per heavy atom. The van der Waals surface area contributed by atoms with Crippen molar-refractivity contribution >= 4 is 23.4 Å². The fourth-order valence-electron chi connectivity index (χ4n) is 1.35. The number of carboxylic acid groups (broad SMARTS) is 1. The van der Waals surface area contributed by atoms with Crippen LogP contribution in [0.4, 0.5) is 5.69 Å². The number of hydrogen-bond acceptors (Lipinski definition) is 3. The van der Waals surface area contributed by atoms with E-state index in [1.165, 1.54) is 12.8 Å². The zero-order valence-corrected chi connectivity index (χ0v) is 10.2. The summed E-state index contributed by atoms with van der Waals surface area (Å²) in [5.41, 5.74) is 6.10. The number of thioether (sulfide) groups is 1. The first kappa shape index (κ1) is 12.9. The molecule has 88 valence electrons. The van der Waals surface area contributed by atoms with Crippen LogP contribution in [0.3, 0.4) is 0 Å². The van der Waals surface area contributed by atoms with Crippen molar-refractivity contribution in [3.05, 3.63) is 23.8 Å². The molecule has 0 bridgehead atoms. The molecule has 4 heteroatoms. The SMILES string of the molecule is CCCCCSc1ccc(N)c(C(=O)O)c1. The first-order valence-corrected chi connectivity index (χ1v) is 6.39. The monoisotopic (exact) mass is 239 g/mol.